The third-order valence-electron chi connectivity index (χ3n) is 3.93. The maximum Gasteiger partial charge on any atom is 0.407 e. The summed E-state index contributed by atoms with van der Waals surface area (Å²) in [6.45, 7) is 0.579. The van der Waals surface area contributed by atoms with E-state index in [4.69, 9.17) is 19.3 Å². The van der Waals surface area contributed by atoms with Crippen molar-refractivity contribution in [3.8, 4) is 0 Å². The summed E-state index contributed by atoms with van der Waals surface area (Å²) in [6, 6.07) is 0. The number of esters is 1. The van der Waals surface area contributed by atoms with Crippen LogP contribution in [-0.2, 0) is 23.8 Å². The average molecular weight is 287 g/mol. The van der Waals surface area contributed by atoms with Crippen molar-refractivity contribution in [3.63, 3.8) is 0 Å². The maximum absolute atomic E-state index is 12.2. The zero-order chi connectivity index (χ0) is 14.8. The number of hydrogen-bond donors (Lipinski definition) is 1. The Morgan fingerprint density at radius 2 is 2.05 bits per heavy atom. The first-order valence-corrected chi connectivity index (χ1v) is 6.29. The van der Waals surface area contributed by atoms with Gasteiger partial charge in [0.25, 0.3) is 0 Å². The normalized spacial score (nSPS) is 28.4. The fraction of sp³-hybridized carbons (Fsp3) is 0.750. The second-order valence-electron chi connectivity index (χ2n) is 4.85. The highest BCUT2D eigenvalue weighted by molar-refractivity contribution is 5.82. The molecule has 2 heterocycles. The lowest BCUT2D eigenvalue weighted by atomic mass is 9.72. The molecule has 20 heavy (non-hydrogen) atoms. The van der Waals surface area contributed by atoms with Gasteiger partial charge in [0.05, 0.1) is 20.3 Å². The van der Waals surface area contributed by atoms with E-state index < -0.39 is 23.3 Å². The highest BCUT2D eigenvalue weighted by Gasteiger charge is 2.64. The molecule has 0 bridgehead atoms. The minimum Gasteiger partial charge on any atom is -0.468 e. The summed E-state index contributed by atoms with van der Waals surface area (Å²) >= 11 is 0. The van der Waals surface area contributed by atoms with Gasteiger partial charge >= 0.3 is 12.1 Å². The molecule has 0 aromatic carbocycles. The Balaban J connectivity index is 2.43. The third kappa shape index (κ3) is 2.04. The Morgan fingerprint density at radius 3 is 2.55 bits per heavy atom. The molecule has 0 saturated carbocycles. The fourth-order valence-electron chi connectivity index (χ4n) is 2.95. The highest BCUT2D eigenvalue weighted by atomic mass is 16.7. The molecule has 0 aliphatic carbocycles. The van der Waals surface area contributed by atoms with Gasteiger partial charge in [0.1, 0.15) is 11.7 Å². The van der Waals surface area contributed by atoms with Gasteiger partial charge in [-0.15, -0.1) is 0 Å². The number of aldehydes is 1. The minimum absolute atomic E-state index is 0.174. The fourth-order valence-corrected chi connectivity index (χ4v) is 2.95. The third-order valence-corrected chi connectivity index (χ3v) is 3.93. The molecule has 1 spiro atoms. The molecular formula is C12H17NO7. The Bertz CT molecular complexity index is 418. The molecule has 1 amide bonds. The van der Waals surface area contributed by atoms with E-state index >= 15 is 0 Å². The van der Waals surface area contributed by atoms with E-state index in [9.17, 15) is 14.4 Å². The monoisotopic (exact) mass is 287 g/mol. The van der Waals surface area contributed by atoms with Crippen molar-refractivity contribution in [2.24, 2.45) is 5.41 Å². The predicted octanol–water partition coefficient (Wildman–Crippen LogP) is -0.138. The van der Waals surface area contributed by atoms with Crippen molar-refractivity contribution >= 4 is 18.3 Å². The molecule has 1 unspecified atom stereocenters. The van der Waals surface area contributed by atoms with Gasteiger partial charge in [-0.1, -0.05) is 0 Å². The smallest absolute Gasteiger partial charge is 0.407 e. The van der Waals surface area contributed by atoms with Crippen molar-refractivity contribution < 1.29 is 33.7 Å². The van der Waals surface area contributed by atoms with Gasteiger partial charge in [0.2, 0.25) is 0 Å². The lowest BCUT2D eigenvalue weighted by Gasteiger charge is -2.49. The van der Waals surface area contributed by atoms with Gasteiger partial charge in [-0.25, -0.2) is 4.79 Å². The number of hydrogen-bond acceptors (Lipinski definition) is 6. The first-order chi connectivity index (χ1) is 9.51. The van der Waals surface area contributed by atoms with Crippen LogP contribution in [0.1, 0.15) is 12.8 Å². The topological polar surface area (TPSA) is 102 Å². The summed E-state index contributed by atoms with van der Waals surface area (Å²) in [6.07, 6.45) is -0.627. The van der Waals surface area contributed by atoms with Crippen LogP contribution in [0, 0.1) is 5.41 Å². The van der Waals surface area contributed by atoms with Gasteiger partial charge in [-0.05, 0) is 0 Å². The summed E-state index contributed by atoms with van der Waals surface area (Å²) in [4.78, 5) is 35.5. The number of ether oxygens (including phenoxy) is 3. The molecule has 8 nitrogen and oxygen atoms in total. The number of rotatable bonds is 3. The van der Waals surface area contributed by atoms with Crippen molar-refractivity contribution in [1.82, 2.24) is 4.90 Å². The first kappa shape index (κ1) is 14.7. The van der Waals surface area contributed by atoms with Crippen molar-refractivity contribution in [2.75, 3.05) is 33.4 Å². The van der Waals surface area contributed by atoms with Crippen molar-refractivity contribution in [2.45, 2.75) is 18.6 Å². The molecule has 0 radical (unpaired) electrons. The molecule has 112 valence electrons. The van der Waals surface area contributed by atoms with E-state index in [-0.39, 0.29) is 25.9 Å². The number of nitrogens with zero attached hydrogens (tertiary/aromatic N) is 1. The standard InChI is InChI=1S/C12H17NO7/c1-18-9(15)11(3-5-14)8-13(10(16)17)4-2-12(11)19-6-7-20-12/h5H,2-4,6-8H2,1H3,(H,16,17). The summed E-state index contributed by atoms with van der Waals surface area (Å²) in [5.41, 5.74) is -1.46. The van der Waals surface area contributed by atoms with Crippen LogP contribution in [0.3, 0.4) is 0 Å². The summed E-state index contributed by atoms with van der Waals surface area (Å²) in [7, 11) is 1.19. The molecule has 2 aliphatic heterocycles. The minimum atomic E-state index is -1.46. The van der Waals surface area contributed by atoms with E-state index in [2.05, 4.69) is 0 Å². The van der Waals surface area contributed by atoms with Crippen LogP contribution in [0.5, 0.6) is 0 Å². The molecular weight excluding hydrogens is 270 g/mol. The molecule has 1 N–H and O–H groups in total. The van der Waals surface area contributed by atoms with Gasteiger partial charge < -0.3 is 29.0 Å². The van der Waals surface area contributed by atoms with E-state index in [0.29, 0.717) is 19.5 Å². The zero-order valence-electron chi connectivity index (χ0n) is 11.2. The van der Waals surface area contributed by atoms with E-state index in [1.807, 2.05) is 0 Å². The van der Waals surface area contributed by atoms with Gasteiger partial charge in [-0.3, -0.25) is 4.79 Å². The lowest BCUT2D eigenvalue weighted by Crippen LogP contribution is -2.65. The summed E-state index contributed by atoms with van der Waals surface area (Å²) in [5.74, 6) is -1.98. The van der Waals surface area contributed by atoms with Crippen LogP contribution < -0.4 is 0 Å². The van der Waals surface area contributed by atoms with Crippen LogP contribution in [-0.4, -0.2) is 67.6 Å². The quantitative estimate of drug-likeness (QED) is 0.569. The second kappa shape index (κ2) is 5.37. The SMILES string of the molecule is COC(=O)C1(CC=O)CN(C(=O)O)CCC12OCCO2. The highest BCUT2D eigenvalue weighted by Crippen LogP contribution is 2.48. The molecule has 2 fully saturated rings. The summed E-state index contributed by atoms with van der Waals surface area (Å²) in [5, 5.41) is 9.13. The number of likely N-dealkylation sites (tertiary alicyclic amines) is 1. The van der Waals surface area contributed by atoms with E-state index in [1.165, 1.54) is 7.11 Å². The van der Waals surface area contributed by atoms with Gasteiger partial charge in [-0.2, -0.15) is 0 Å². The predicted molar refractivity (Wildman–Crippen MR) is 64.0 cm³/mol. The molecule has 2 aliphatic rings. The Labute approximate surface area is 115 Å². The number of carbonyl (C=O) groups excluding carboxylic acids is 2. The van der Waals surface area contributed by atoms with Gasteiger partial charge in [0, 0.05) is 25.9 Å². The molecule has 8 heteroatoms. The Morgan fingerprint density at radius 1 is 1.40 bits per heavy atom. The van der Waals surface area contributed by atoms with Crippen LogP contribution in [0.4, 0.5) is 4.79 Å². The van der Waals surface area contributed by atoms with E-state index in [0.717, 1.165) is 4.90 Å². The van der Waals surface area contributed by atoms with Crippen LogP contribution in [0.15, 0.2) is 0 Å². The average Bonchev–Trinajstić information content (AvgIpc) is 2.90. The molecule has 2 saturated heterocycles. The summed E-state index contributed by atoms with van der Waals surface area (Å²) < 4.78 is 16.0. The Kier molecular flexibility index (Phi) is 3.96. The number of carboxylic acid groups (broad SMARTS) is 1. The molecule has 1 atom stereocenters. The van der Waals surface area contributed by atoms with Crippen LogP contribution in [0.25, 0.3) is 0 Å². The van der Waals surface area contributed by atoms with Crippen LogP contribution >= 0.6 is 0 Å². The number of amides is 1. The zero-order valence-corrected chi connectivity index (χ0v) is 11.2. The number of methoxy groups -OCH3 is 1. The molecule has 0 aromatic rings. The van der Waals surface area contributed by atoms with Crippen molar-refractivity contribution in [1.29, 1.82) is 0 Å². The first-order valence-electron chi connectivity index (χ1n) is 6.29. The number of piperidine rings is 1. The second-order valence-corrected chi connectivity index (χ2v) is 4.85. The van der Waals surface area contributed by atoms with Gasteiger partial charge in [0.15, 0.2) is 5.79 Å². The maximum atomic E-state index is 12.2. The Hall–Kier alpha value is -1.67. The molecule has 2 rings (SSSR count). The van der Waals surface area contributed by atoms with Crippen molar-refractivity contribution in [3.05, 3.63) is 0 Å². The number of carbonyl (C=O) groups is 3. The van der Waals surface area contributed by atoms with Crippen LogP contribution in [0.2, 0.25) is 0 Å². The lowest BCUT2D eigenvalue weighted by molar-refractivity contribution is -0.262. The largest absolute Gasteiger partial charge is 0.468 e. The van der Waals surface area contributed by atoms with E-state index in [1.54, 1.807) is 0 Å². The molecule has 0 aromatic heterocycles.